The van der Waals surface area contributed by atoms with E-state index in [4.69, 9.17) is 14.5 Å². The van der Waals surface area contributed by atoms with Crippen LogP contribution in [-0.2, 0) is 35.5 Å². The van der Waals surface area contributed by atoms with Gasteiger partial charge >= 0.3 is 0 Å². The first kappa shape index (κ1) is 24.6. The van der Waals surface area contributed by atoms with E-state index < -0.39 is 0 Å². The molecule has 34 heavy (non-hydrogen) atoms. The van der Waals surface area contributed by atoms with Gasteiger partial charge in [-0.15, -0.1) is 22.7 Å². The standard InChI is InChI=1S/C26H30N4O2S2/c1-15(12-29-23-19(10-27)17-8-25(3,4)31-13-21(17)33-23)7-16(2)30-24-20(11-28)18-9-26(5,6)32-14-22(18)34-24/h7,29H,8-9,12-14H2,1-6H3/b15-7+,30-16+. The molecule has 6 nitrogen and oxygen atoms in total. The van der Waals surface area contributed by atoms with Gasteiger partial charge in [-0.2, -0.15) is 10.5 Å². The topological polar surface area (TPSA) is 90.4 Å². The highest BCUT2D eigenvalue weighted by molar-refractivity contribution is 7.16. The van der Waals surface area contributed by atoms with Gasteiger partial charge < -0.3 is 14.8 Å². The first-order chi connectivity index (χ1) is 16.0. The molecule has 2 aromatic rings. The quantitative estimate of drug-likeness (QED) is 0.485. The molecule has 0 radical (unpaired) electrons. The molecule has 178 valence electrons. The lowest BCUT2D eigenvalue weighted by Gasteiger charge is -2.29. The smallest absolute Gasteiger partial charge is 0.134 e. The third-order valence-electron chi connectivity index (χ3n) is 6.04. The summed E-state index contributed by atoms with van der Waals surface area (Å²) in [6.45, 7) is 13.9. The van der Waals surface area contributed by atoms with Crippen LogP contribution in [0.5, 0.6) is 0 Å². The maximum absolute atomic E-state index is 9.78. The number of ether oxygens (including phenoxy) is 2. The maximum atomic E-state index is 9.78. The van der Waals surface area contributed by atoms with E-state index in [1.165, 1.54) is 0 Å². The average Bonchev–Trinajstić information content (AvgIpc) is 3.26. The van der Waals surface area contributed by atoms with Crippen LogP contribution in [0.1, 0.15) is 73.6 Å². The molecule has 0 unspecified atom stereocenters. The zero-order valence-electron chi connectivity index (χ0n) is 20.6. The largest absolute Gasteiger partial charge is 0.372 e. The lowest BCUT2D eigenvalue weighted by atomic mass is 9.93. The number of nitrogens with one attached hydrogen (secondary N) is 1. The molecule has 0 amide bonds. The molecule has 1 N–H and O–H groups in total. The molecule has 4 rings (SSSR count). The average molecular weight is 495 g/mol. The summed E-state index contributed by atoms with van der Waals surface area (Å²) in [5.74, 6) is 0. The van der Waals surface area contributed by atoms with Crippen LogP contribution in [-0.4, -0.2) is 23.5 Å². The molecule has 2 aromatic heterocycles. The van der Waals surface area contributed by atoms with Crippen LogP contribution in [0, 0.1) is 22.7 Å². The highest BCUT2D eigenvalue weighted by Gasteiger charge is 2.32. The fraction of sp³-hybridized carbons (Fsp3) is 0.500. The van der Waals surface area contributed by atoms with Gasteiger partial charge in [-0.3, -0.25) is 0 Å². The van der Waals surface area contributed by atoms with Gasteiger partial charge in [-0.05, 0) is 58.7 Å². The van der Waals surface area contributed by atoms with Crippen LogP contribution in [0.3, 0.4) is 0 Å². The van der Waals surface area contributed by atoms with Crippen LogP contribution in [0.4, 0.5) is 10.0 Å². The number of allylic oxidation sites excluding steroid dienone is 1. The minimum absolute atomic E-state index is 0.245. The molecule has 0 bridgehead atoms. The minimum atomic E-state index is -0.261. The maximum Gasteiger partial charge on any atom is 0.134 e. The van der Waals surface area contributed by atoms with Gasteiger partial charge in [0.05, 0.1) is 35.5 Å². The predicted octanol–water partition coefficient (Wildman–Crippen LogP) is 6.41. The highest BCUT2D eigenvalue weighted by Crippen LogP contribution is 2.42. The Balaban J connectivity index is 1.49. The Morgan fingerprint density at radius 1 is 0.971 bits per heavy atom. The SMILES string of the molecule is C/C(=C\C(C)=N\c1sc2c(c1C#N)CC(C)(C)OC2)CNc1sc2c(c1C#N)CC(C)(C)OC2. The summed E-state index contributed by atoms with van der Waals surface area (Å²) in [5.41, 5.74) is 5.04. The molecular weight excluding hydrogens is 464 g/mol. The van der Waals surface area contributed by atoms with E-state index in [0.29, 0.717) is 25.3 Å². The zero-order valence-corrected chi connectivity index (χ0v) is 22.2. The predicted molar refractivity (Wildman–Crippen MR) is 138 cm³/mol. The van der Waals surface area contributed by atoms with Crippen molar-refractivity contribution in [3.8, 4) is 12.1 Å². The molecule has 0 spiro atoms. The van der Waals surface area contributed by atoms with Gasteiger partial charge in [-0.1, -0.05) is 5.57 Å². The second kappa shape index (κ2) is 9.28. The van der Waals surface area contributed by atoms with E-state index in [2.05, 4.69) is 45.2 Å². The van der Waals surface area contributed by atoms with E-state index in [-0.39, 0.29) is 11.2 Å². The molecular formula is C26H30N4O2S2. The summed E-state index contributed by atoms with van der Waals surface area (Å²) in [7, 11) is 0. The molecule has 2 aliphatic heterocycles. The van der Waals surface area contributed by atoms with Gasteiger partial charge in [0.2, 0.25) is 0 Å². The van der Waals surface area contributed by atoms with Crippen molar-refractivity contribution in [3.63, 3.8) is 0 Å². The second-order valence-electron chi connectivity index (χ2n) is 10.2. The number of nitrogens with zero attached hydrogens (tertiary/aromatic N) is 3. The van der Waals surface area contributed by atoms with Crippen molar-refractivity contribution in [2.45, 2.75) is 78.8 Å². The van der Waals surface area contributed by atoms with E-state index >= 15 is 0 Å². The molecule has 2 aliphatic rings. The van der Waals surface area contributed by atoms with Crippen molar-refractivity contribution in [2.24, 2.45) is 4.99 Å². The van der Waals surface area contributed by atoms with Crippen LogP contribution in [0.15, 0.2) is 16.6 Å². The Hall–Kier alpha value is -2.49. The zero-order chi connectivity index (χ0) is 24.7. The van der Waals surface area contributed by atoms with E-state index in [1.807, 2.05) is 19.9 Å². The molecule has 0 atom stereocenters. The Bertz CT molecular complexity index is 1270. The van der Waals surface area contributed by atoms with Crippen molar-refractivity contribution in [2.75, 3.05) is 11.9 Å². The normalized spacial score (nSPS) is 19.1. The first-order valence-corrected chi connectivity index (χ1v) is 13.0. The molecule has 0 saturated heterocycles. The number of nitriles is 2. The molecule has 8 heteroatoms. The van der Waals surface area contributed by atoms with Gasteiger partial charge in [0.25, 0.3) is 0 Å². The van der Waals surface area contributed by atoms with E-state index in [1.54, 1.807) is 22.7 Å². The molecule has 0 aromatic carbocycles. The Morgan fingerprint density at radius 3 is 2.12 bits per heavy atom. The third-order valence-corrected chi connectivity index (χ3v) is 8.30. The Kier molecular flexibility index (Phi) is 6.72. The number of aliphatic imine (C=N–C) groups is 1. The summed E-state index contributed by atoms with van der Waals surface area (Å²) in [5, 5.41) is 24.6. The summed E-state index contributed by atoms with van der Waals surface area (Å²) in [6, 6.07) is 4.75. The van der Waals surface area contributed by atoms with Crippen LogP contribution >= 0.6 is 22.7 Å². The van der Waals surface area contributed by atoms with Crippen molar-refractivity contribution >= 4 is 38.4 Å². The van der Waals surface area contributed by atoms with Crippen molar-refractivity contribution in [1.29, 1.82) is 10.5 Å². The van der Waals surface area contributed by atoms with Gasteiger partial charge in [-0.25, -0.2) is 4.99 Å². The molecule has 0 fully saturated rings. The van der Waals surface area contributed by atoms with Gasteiger partial charge in [0, 0.05) is 34.9 Å². The Labute approximate surface area is 209 Å². The molecule has 0 saturated carbocycles. The number of hydrogen-bond acceptors (Lipinski definition) is 8. The highest BCUT2D eigenvalue weighted by atomic mass is 32.1. The van der Waals surface area contributed by atoms with Gasteiger partial charge in [0.1, 0.15) is 22.1 Å². The summed E-state index contributed by atoms with van der Waals surface area (Å²) in [4.78, 5) is 7.00. The molecule has 4 heterocycles. The summed E-state index contributed by atoms with van der Waals surface area (Å²) in [6.07, 6.45) is 3.50. The number of rotatable bonds is 5. The number of fused-ring (bicyclic) bond motifs is 2. The number of hydrogen-bond donors (Lipinski definition) is 1. The van der Waals surface area contributed by atoms with Crippen LogP contribution in [0.25, 0.3) is 0 Å². The summed E-state index contributed by atoms with van der Waals surface area (Å²) >= 11 is 3.16. The number of anilines is 1. The van der Waals surface area contributed by atoms with Crippen molar-refractivity contribution in [3.05, 3.63) is 43.7 Å². The fourth-order valence-electron chi connectivity index (χ4n) is 4.35. The van der Waals surface area contributed by atoms with Crippen molar-refractivity contribution in [1.82, 2.24) is 0 Å². The lowest BCUT2D eigenvalue weighted by molar-refractivity contribution is -0.0386. The minimum Gasteiger partial charge on any atom is -0.372 e. The van der Waals surface area contributed by atoms with E-state index in [9.17, 15) is 10.5 Å². The van der Waals surface area contributed by atoms with Crippen LogP contribution < -0.4 is 5.32 Å². The Morgan fingerprint density at radius 2 is 1.53 bits per heavy atom. The van der Waals surface area contributed by atoms with Crippen LogP contribution in [0.2, 0.25) is 0 Å². The van der Waals surface area contributed by atoms with Crippen molar-refractivity contribution < 1.29 is 9.47 Å². The van der Waals surface area contributed by atoms with Gasteiger partial charge in [0.15, 0.2) is 0 Å². The second-order valence-corrected chi connectivity index (χ2v) is 12.4. The van der Waals surface area contributed by atoms with E-state index in [0.717, 1.165) is 60.6 Å². The lowest BCUT2D eigenvalue weighted by Crippen LogP contribution is -2.31. The fourth-order valence-corrected chi connectivity index (χ4v) is 6.54. The third kappa shape index (κ3) is 5.11. The number of thiophene rings is 2. The monoisotopic (exact) mass is 494 g/mol. The molecule has 0 aliphatic carbocycles. The first-order valence-electron chi connectivity index (χ1n) is 11.4. The summed E-state index contributed by atoms with van der Waals surface area (Å²) < 4.78 is 11.8.